The third-order valence-electron chi connectivity index (χ3n) is 3.87. The summed E-state index contributed by atoms with van der Waals surface area (Å²) >= 11 is 9.72. The molecule has 0 saturated carbocycles. The molecule has 0 amide bonds. The number of nitro benzene ring substituents is 1. The van der Waals surface area contributed by atoms with Crippen molar-refractivity contribution in [1.29, 1.82) is 0 Å². The summed E-state index contributed by atoms with van der Waals surface area (Å²) < 4.78 is 2.59. The normalized spacial score (nSPS) is 11.3. The maximum absolute atomic E-state index is 11.5. The summed E-state index contributed by atoms with van der Waals surface area (Å²) in [6.45, 7) is 1.82. The SMILES string of the molecule is Cc1nc2ccc(Br)cc2n2c(-c3c(Cl)cccc3[N+](=O)[O-])nnc12. The van der Waals surface area contributed by atoms with Crippen LogP contribution < -0.4 is 0 Å². The molecule has 2 aromatic heterocycles. The minimum absolute atomic E-state index is 0.126. The first-order valence-corrected chi connectivity index (χ1v) is 8.38. The molecule has 25 heavy (non-hydrogen) atoms. The Morgan fingerprint density at radius 1 is 1.24 bits per heavy atom. The molecule has 2 heterocycles. The van der Waals surface area contributed by atoms with Crippen molar-refractivity contribution in [2.45, 2.75) is 6.92 Å². The van der Waals surface area contributed by atoms with E-state index < -0.39 is 4.92 Å². The number of halogens is 2. The van der Waals surface area contributed by atoms with Crippen LogP contribution in [-0.2, 0) is 0 Å². The van der Waals surface area contributed by atoms with Crippen LogP contribution >= 0.6 is 27.5 Å². The van der Waals surface area contributed by atoms with Gasteiger partial charge in [0.05, 0.1) is 26.7 Å². The van der Waals surface area contributed by atoms with Crippen molar-refractivity contribution in [3.05, 3.63) is 61.7 Å². The molecule has 0 unspecified atom stereocenters. The quantitative estimate of drug-likeness (QED) is 0.351. The number of benzene rings is 2. The molecular formula is C16H9BrClN5O2. The van der Waals surface area contributed by atoms with Gasteiger partial charge in [0, 0.05) is 10.5 Å². The van der Waals surface area contributed by atoms with E-state index in [1.54, 1.807) is 10.5 Å². The first-order valence-electron chi connectivity index (χ1n) is 7.21. The summed E-state index contributed by atoms with van der Waals surface area (Å²) in [5.41, 5.74) is 2.75. The molecule has 4 rings (SSSR count). The predicted molar refractivity (Wildman–Crippen MR) is 97.8 cm³/mol. The Hall–Kier alpha value is -2.58. The number of hydrogen-bond donors (Lipinski definition) is 0. The molecule has 124 valence electrons. The standard InChI is InChI=1S/C16H9BrClN5O2/c1-8-15-20-21-16(14-10(18)3-2-4-12(14)23(24)25)22(15)13-7-9(17)5-6-11(13)19-8/h2-7H,1H3. The molecule has 0 radical (unpaired) electrons. The van der Waals surface area contributed by atoms with Crippen molar-refractivity contribution in [1.82, 2.24) is 19.6 Å². The number of hydrogen-bond acceptors (Lipinski definition) is 5. The molecule has 0 N–H and O–H groups in total. The molecule has 0 aliphatic rings. The second-order valence-corrected chi connectivity index (χ2v) is 6.73. The molecule has 2 aromatic carbocycles. The maximum atomic E-state index is 11.5. The minimum atomic E-state index is -0.478. The first kappa shape index (κ1) is 15.9. The Morgan fingerprint density at radius 2 is 2.04 bits per heavy atom. The van der Waals surface area contributed by atoms with Crippen molar-refractivity contribution < 1.29 is 4.92 Å². The van der Waals surface area contributed by atoms with E-state index in [-0.39, 0.29) is 16.3 Å². The zero-order chi connectivity index (χ0) is 17.7. The number of nitro groups is 1. The Labute approximate surface area is 154 Å². The van der Waals surface area contributed by atoms with Gasteiger partial charge in [0.1, 0.15) is 5.56 Å². The molecule has 0 saturated heterocycles. The zero-order valence-corrected chi connectivity index (χ0v) is 15.1. The highest BCUT2D eigenvalue weighted by molar-refractivity contribution is 9.10. The smallest absolute Gasteiger partial charge is 0.271 e. The van der Waals surface area contributed by atoms with E-state index in [9.17, 15) is 10.1 Å². The fraction of sp³-hybridized carbons (Fsp3) is 0.0625. The van der Waals surface area contributed by atoms with Gasteiger partial charge < -0.3 is 0 Å². The van der Waals surface area contributed by atoms with E-state index in [1.165, 1.54) is 12.1 Å². The van der Waals surface area contributed by atoms with Crippen LogP contribution in [-0.4, -0.2) is 24.5 Å². The summed E-state index contributed by atoms with van der Waals surface area (Å²) in [4.78, 5) is 15.5. The number of rotatable bonds is 2. The van der Waals surface area contributed by atoms with Gasteiger partial charge in [0.2, 0.25) is 0 Å². The van der Waals surface area contributed by atoms with Gasteiger partial charge >= 0.3 is 0 Å². The molecule has 9 heteroatoms. The van der Waals surface area contributed by atoms with E-state index >= 15 is 0 Å². The lowest BCUT2D eigenvalue weighted by Crippen LogP contribution is -2.00. The van der Waals surface area contributed by atoms with Crippen LogP contribution in [0.1, 0.15) is 5.69 Å². The van der Waals surface area contributed by atoms with Crippen LogP contribution in [0.25, 0.3) is 28.1 Å². The fourth-order valence-corrected chi connectivity index (χ4v) is 3.40. The van der Waals surface area contributed by atoms with Crippen LogP contribution in [0.5, 0.6) is 0 Å². The average molecular weight is 419 g/mol. The van der Waals surface area contributed by atoms with E-state index in [2.05, 4.69) is 31.1 Å². The number of aromatic nitrogens is 4. The lowest BCUT2D eigenvalue weighted by molar-refractivity contribution is -0.384. The van der Waals surface area contributed by atoms with Crippen molar-refractivity contribution in [3.63, 3.8) is 0 Å². The van der Waals surface area contributed by atoms with Gasteiger partial charge in [-0.3, -0.25) is 14.5 Å². The summed E-state index contributed by atoms with van der Waals surface area (Å²) in [5.74, 6) is 0.306. The van der Waals surface area contributed by atoms with Gasteiger partial charge in [-0.25, -0.2) is 4.98 Å². The largest absolute Gasteiger partial charge is 0.281 e. The van der Waals surface area contributed by atoms with E-state index in [4.69, 9.17) is 11.6 Å². The summed E-state index contributed by atoms with van der Waals surface area (Å²) in [7, 11) is 0. The highest BCUT2D eigenvalue weighted by atomic mass is 79.9. The Balaban J connectivity index is 2.20. The first-order chi connectivity index (χ1) is 12.0. The Bertz CT molecular complexity index is 1170. The molecule has 0 aliphatic carbocycles. The Kier molecular flexibility index (Phi) is 3.66. The van der Waals surface area contributed by atoms with Crippen LogP contribution in [0.3, 0.4) is 0 Å². The molecule has 0 spiro atoms. The molecule has 0 aliphatic heterocycles. The topological polar surface area (TPSA) is 86.2 Å². The van der Waals surface area contributed by atoms with Crippen molar-refractivity contribution in [2.75, 3.05) is 0 Å². The van der Waals surface area contributed by atoms with E-state index in [1.807, 2.05) is 25.1 Å². The third kappa shape index (κ3) is 2.45. The fourth-order valence-electron chi connectivity index (χ4n) is 2.80. The van der Waals surface area contributed by atoms with Crippen molar-refractivity contribution in [3.8, 4) is 11.4 Å². The molecule has 0 atom stereocenters. The second kappa shape index (κ2) is 5.75. The predicted octanol–water partition coefficient (Wildman–Crippen LogP) is 4.58. The van der Waals surface area contributed by atoms with Gasteiger partial charge in [-0.2, -0.15) is 0 Å². The lowest BCUT2D eigenvalue weighted by atomic mass is 10.1. The van der Waals surface area contributed by atoms with Crippen LogP contribution in [0.4, 0.5) is 5.69 Å². The van der Waals surface area contributed by atoms with Gasteiger partial charge in [-0.1, -0.05) is 33.6 Å². The van der Waals surface area contributed by atoms with Gasteiger partial charge in [-0.15, -0.1) is 10.2 Å². The molecular weight excluding hydrogens is 410 g/mol. The van der Waals surface area contributed by atoms with Crippen LogP contribution in [0, 0.1) is 17.0 Å². The monoisotopic (exact) mass is 417 g/mol. The molecule has 4 aromatic rings. The third-order valence-corrected chi connectivity index (χ3v) is 4.67. The lowest BCUT2D eigenvalue weighted by Gasteiger charge is -2.08. The summed E-state index contributed by atoms with van der Waals surface area (Å²) in [6, 6.07) is 10.1. The maximum Gasteiger partial charge on any atom is 0.281 e. The molecule has 0 bridgehead atoms. The van der Waals surface area contributed by atoms with Crippen LogP contribution in [0.15, 0.2) is 40.9 Å². The van der Waals surface area contributed by atoms with Gasteiger partial charge in [0.15, 0.2) is 11.5 Å². The highest BCUT2D eigenvalue weighted by Crippen LogP contribution is 2.36. The van der Waals surface area contributed by atoms with Crippen molar-refractivity contribution >= 4 is 49.9 Å². The summed E-state index contributed by atoms with van der Waals surface area (Å²) in [6.07, 6.45) is 0. The number of nitrogens with zero attached hydrogens (tertiary/aromatic N) is 5. The number of fused-ring (bicyclic) bond motifs is 3. The van der Waals surface area contributed by atoms with Crippen molar-refractivity contribution in [2.24, 2.45) is 0 Å². The molecule has 7 nitrogen and oxygen atoms in total. The van der Waals surface area contributed by atoms with Crippen LogP contribution in [0.2, 0.25) is 5.02 Å². The highest BCUT2D eigenvalue weighted by Gasteiger charge is 2.24. The number of aryl methyl sites for hydroxylation is 1. The summed E-state index contributed by atoms with van der Waals surface area (Å²) in [5, 5.41) is 20.0. The minimum Gasteiger partial charge on any atom is -0.271 e. The second-order valence-electron chi connectivity index (χ2n) is 5.40. The van der Waals surface area contributed by atoms with Gasteiger partial charge in [0.25, 0.3) is 5.69 Å². The Morgan fingerprint density at radius 3 is 2.80 bits per heavy atom. The van der Waals surface area contributed by atoms with E-state index in [0.717, 1.165) is 15.5 Å². The van der Waals surface area contributed by atoms with Gasteiger partial charge in [-0.05, 0) is 31.2 Å². The molecule has 0 fully saturated rings. The zero-order valence-electron chi connectivity index (χ0n) is 12.8. The van der Waals surface area contributed by atoms with E-state index in [0.29, 0.717) is 17.2 Å². The average Bonchev–Trinajstić information content (AvgIpc) is 3.01.